The number of nitrogens with zero attached hydrogens (tertiary/aromatic N) is 3. The number of aromatic nitrogens is 2. The van der Waals surface area contributed by atoms with Gasteiger partial charge in [0.25, 0.3) is 5.69 Å². The zero-order valence-electron chi connectivity index (χ0n) is 15.3. The Bertz CT molecular complexity index is 1100. The quantitative estimate of drug-likeness (QED) is 0.337. The number of carbonyl (C=O) groups is 1. The lowest BCUT2D eigenvalue weighted by atomic mass is 10.1. The largest absolute Gasteiger partial charge is 0.416 e. The molecule has 0 aliphatic rings. The molecule has 1 heterocycles. The van der Waals surface area contributed by atoms with E-state index in [0.29, 0.717) is 23.2 Å². The number of nitro benzene ring substituents is 1. The molecule has 1 amide bonds. The number of rotatable bonds is 6. The third kappa shape index (κ3) is 4.95. The smallest absolute Gasteiger partial charge is 0.339 e. The number of hydrogen-bond donors (Lipinski definition) is 1. The number of nitrogens with one attached hydrogen (secondary N) is 1. The number of thioether (sulfide) groups is 1. The van der Waals surface area contributed by atoms with Crippen molar-refractivity contribution in [2.75, 3.05) is 11.1 Å². The van der Waals surface area contributed by atoms with Crippen LogP contribution in [0.4, 0.5) is 24.5 Å². The Morgan fingerprint density at radius 3 is 2.63 bits per heavy atom. The molecular weight excluding hydrogens is 425 g/mol. The van der Waals surface area contributed by atoms with Crippen LogP contribution in [0.25, 0.3) is 11.4 Å². The fourth-order valence-electron chi connectivity index (χ4n) is 2.48. The fourth-order valence-corrected chi connectivity index (χ4v) is 3.29. The number of amides is 1. The molecule has 0 aliphatic heterocycles. The highest BCUT2D eigenvalue weighted by molar-refractivity contribution is 8.00. The van der Waals surface area contributed by atoms with Gasteiger partial charge in [-0.05, 0) is 24.3 Å². The van der Waals surface area contributed by atoms with E-state index in [9.17, 15) is 28.1 Å². The minimum absolute atomic E-state index is 0.0507. The molecule has 0 saturated heterocycles. The Balaban J connectivity index is 1.74. The van der Waals surface area contributed by atoms with Crippen molar-refractivity contribution in [1.82, 2.24) is 10.1 Å². The Morgan fingerprint density at radius 2 is 2.00 bits per heavy atom. The predicted molar refractivity (Wildman–Crippen MR) is 102 cm³/mol. The maximum Gasteiger partial charge on any atom is 0.416 e. The van der Waals surface area contributed by atoms with Gasteiger partial charge in [-0.15, -0.1) is 11.8 Å². The molecule has 1 N–H and O–H groups in total. The van der Waals surface area contributed by atoms with Gasteiger partial charge in [0, 0.05) is 18.6 Å². The van der Waals surface area contributed by atoms with Gasteiger partial charge in [-0.3, -0.25) is 14.9 Å². The summed E-state index contributed by atoms with van der Waals surface area (Å²) in [6.45, 7) is 1.62. The number of halogens is 3. The molecule has 1 aromatic heterocycles. The third-order valence-electron chi connectivity index (χ3n) is 3.81. The van der Waals surface area contributed by atoms with Crippen LogP contribution in [-0.4, -0.2) is 26.7 Å². The molecule has 12 heteroatoms. The van der Waals surface area contributed by atoms with Gasteiger partial charge in [0.1, 0.15) is 0 Å². The summed E-state index contributed by atoms with van der Waals surface area (Å²) in [4.78, 5) is 26.6. The first-order valence-electron chi connectivity index (χ1n) is 8.33. The second kappa shape index (κ2) is 8.53. The van der Waals surface area contributed by atoms with Gasteiger partial charge in [0.15, 0.2) is 0 Å². The van der Waals surface area contributed by atoms with E-state index in [1.54, 1.807) is 31.2 Å². The molecule has 0 bridgehead atoms. The van der Waals surface area contributed by atoms with E-state index in [0.717, 1.165) is 23.9 Å². The molecule has 0 radical (unpaired) electrons. The van der Waals surface area contributed by atoms with E-state index in [2.05, 4.69) is 15.5 Å². The highest BCUT2D eigenvalue weighted by Gasteiger charge is 2.33. The second-order valence-corrected chi connectivity index (χ2v) is 6.97. The normalized spacial score (nSPS) is 11.3. The van der Waals surface area contributed by atoms with E-state index in [-0.39, 0.29) is 16.5 Å². The average Bonchev–Trinajstić information content (AvgIpc) is 3.12. The molecule has 156 valence electrons. The van der Waals surface area contributed by atoms with Crippen molar-refractivity contribution in [1.29, 1.82) is 0 Å². The van der Waals surface area contributed by atoms with Gasteiger partial charge in [0.2, 0.25) is 17.6 Å². The van der Waals surface area contributed by atoms with Crippen LogP contribution >= 0.6 is 11.8 Å². The van der Waals surface area contributed by atoms with E-state index < -0.39 is 28.3 Å². The van der Waals surface area contributed by atoms with Crippen LogP contribution in [0.1, 0.15) is 11.5 Å². The van der Waals surface area contributed by atoms with Crippen LogP contribution in [0.15, 0.2) is 51.9 Å². The molecule has 0 atom stereocenters. The minimum Gasteiger partial charge on any atom is -0.339 e. The van der Waals surface area contributed by atoms with Crippen LogP contribution in [0.5, 0.6) is 0 Å². The number of para-hydroxylation sites is 1. The highest BCUT2D eigenvalue weighted by atomic mass is 32.2. The number of alkyl halides is 3. The number of aryl methyl sites for hydroxylation is 1. The molecule has 2 aromatic carbocycles. The molecule has 0 saturated carbocycles. The lowest BCUT2D eigenvalue weighted by Gasteiger charge is -2.10. The third-order valence-corrected chi connectivity index (χ3v) is 4.87. The molecule has 0 fully saturated rings. The number of nitro groups is 1. The van der Waals surface area contributed by atoms with Gasteiger partial charge >= 0.3 is 6.18 Å². The zero-order valence-corrected chi connectivity index (χ0v) is 16.1. The van der Waals surface area contributed by atoms with Crippen molar-refractivity contribution in [3.05, 3.63) is 64.0 Å². The summed E-state index contributed by atoms with van der Waals surface area (Å²) in [5.74, 6) is -0.154. The van der Waals surface area contributed by atoms with Crippen LogP contribution < -0.4 is 5.32 Å². The predicted octanol–water partition coefficient (Wildman–Crippen LogP) is 4.70. The van der Waals surface area contributed by atoms with Gasteiger partial charge < -0.3 is 9.84 Å². The van der Waals surface area contributed by atoms with Crippen LogP contribution in [0.2, 0.25) is 0 Å². The van der Waals surface area contributed by atoms with Crippen LogP contribution in [0.3, 0.4) is 0 Å². The zero-order chi connectivity index (χ0) is 21.9. The van der Waals surface area contributed by atoms with Crippen molar-refractivity contribution < 1.29 is 27.4 Å². The van der Waals surface area contributed by atoms with Crippen LogP contribution in [-0.2, 0) is 11.0 Å². The summed E-state index contributed by atoms with van der Waals surface area (Å²) in [6, 6.07) is 8.86. The Kier molecular flexibility index (Phi) is 6.06. The molecule has 3 rings (SSSR count). The van der Waals surface area contributed by atoms with Crippen molar-refractivity contribution in [2.45, 2.75) is 18.0 Å². The SMILES string of the molecule is Cc1nc(-c2ccccc2NC(=O)CSc2ccc(C(F)(F)F)cc2[N+](=O)[O-])no1. The second-order valence-electron chi connectivity index (χ2n) is 5.96. The standard InChI is InChI=1S/C18H13F3N4O4S/c1-10-22-17(24-29-10)12-4-2-3-5-13(12)23-16(26)9-30-15-7-6-11(18(19,20)21)8-14(15)25(27)28/h2-8H,9H2,1H3,(H,23,26). The van der Waals surface area contributed by atoms with Gasteiger partial charge in [-0.1, -0.05) is 17.3 Å². The first kappa shape index (κ1) is 21.3. The number of benzene rings is 2. The lowest BCUT2D eigenvalue weighted by Crippen LogP contribution is -2.15. The van der Waals surface area contributed by atoms with E-state index in [4.69, 9.17) is 4.52 Å². The summed E-state index contributed by atoms with van der Waals surface area (Å²) >= 11 is 0.757. The number of hydrogen-bond acceptors (Lipinski definition) is 7. The fraction of sp³-hybridized carbons (Fsp3) is 0.167. The molecule has 0 aliphatic carbocycles. The van der Waals surface area contributed by atoms with Gasteiger partial charge in [-0.2, -0.15) is 18.2 Å². The van der Waals surface area contributed by atoms with E-state index >= 15 is 0 Å². The van der Waals surface area contributed by atoms with Crippen molar-refractivity contribution in [3.8, 4) is 11.4 Å². The summed E-state index contributed by atoms with van der Waals surface area (Å²) in [6.07, 6.45) is -4.71. The maximum atomic E-state index is 12.8. The van der Waals surface area contributed by atoms with E-state index in [1.165, 1.54) is 0 Å². The summed E-state index contributed by atoms with van der Waals surface area (Å²) < 4.78 is 43.3. The van der Waals surface area contributed by atoms with E-state index in [1.807, 2.05) is 0 Å². The molecule has 0 unspecified atom stereocenters. The minimum atomic E-state index is -4.71. The monoisotopic (exact) mass is 438 g/mol. The number of carbonyl (C=O) groups excluding carboxylic acids is 1. The topological polar surface area (TPSA) is 111 Å². The van der Waals surface area contributed by atoms with Crippen molar-refractivity contribution in [2.24, 2.45) is 0 Å². The number of anilines is 1. The Hall–Kier alpha value is -3.41. The molecule has 0 spiro atoms. The van der Waals surface area contributed by atoms with Gasteiger partial charge in [-0.25, -0.2) is 0 Å². The molecule has 3 aromatic rings. The summed E-state index contributed by atoms with van der Waals surface area (Å²) in [5, 5.41) is 17.6. The Morgan fingerprint density at radius 1 is 1.27 bits per heavy atom. The summed E-state index contributed by atoms with van der Waals surface area (Å²) in [7, 11) is 0. The average molecular weight is 438 g/mol. The Labute approximate surface area is 171 Å². The maximum absolute atomic E-state index is 12.8. The lowest BCUT2D eigenvalue weighted by molar-refractivity contribution is -0.388. The first-order valence-corrected chi connectivity index (χ1v) is 9.31. The first-order chi connectivity index (χ1) is 14.1. The highest BCUT2D eigenvalue weighted by Crippen LogP contribution is 2.36. The van der Waals surface area contributed by atoms with Crippen molar-refractivity contribution in [3.63, 3.8) is 0 Å². The molecular formula is C18H13F3N4O4S. The molecule has 30 heavy (non-hydrogen) atoms. The molecule has 8 nitrogen and oxygen atoms in total. The summed E-state index contributed by atoms with van der Waals surface area (Å²) in [5.41, 5.74) is -0.948. The van der Waals surface area contributed by atoms with Crippen molar-refractivity contribution >= 4 is 29.0 Å². The van der Waals surface area contributed by atoms with Crippen LogP contribution in [0, 0.1) is 17.0 Å². The van der Waals surface area contributed by atoms with Gasteiger partial charge in [0.05, 0.1) is 26.8 Å².